The third-order valence-corrected chi connectivity index (χ3v) is 2.03. The highest BCUT2D eigenvalue weighted by molar-refractivity contribution is 5.73. The minimum Gasteiger partial charge on any atom is -0.493 e. The van der Waals surface area contributed by atoms with E-state index >= 15 is 0 Å². The molecule has 0 spiro atoms. The maximum absolute atomic E-state index is 12.9. The molecule has 0 saturated heterocycles. The molecule has 0 aliphatic carbocycles. The maximum Gasteiger partial charge on any atom is 0.220 e. The number of hydrogen-bond donors (Lipinski definition) is 2. The first kappa shape index (κ1) is 12.4. The monoisotopic (exact) mass is 227 g/mol. The summed E-state index contributed by atoms with van der Waals surface area (Å²) in [7, 11) is 0. The van der Waals surface area contributed by atoms with Crippen molar-refractivity contribution in [2.45, 2.75) is 19.4 Å². The number of ether oxygens (including phenoxy) is 1. The van der Waals surface area contributed by atoms with Crippen LogP contribution in [0.2, 0.25) is 0 Å². The normalized spacial score (nSPS) is 12.2. The predicted molar refractivity (Wildman–Crippen MR) is 56.3 cm³/mol. The zero-order valence-corrected chi connectivity index (χ0v) is 8.94. The first-order valence-electron chi connectivity index (χ1n) is 4.89. The third kappa shape index (κ3) is 3.51. The smallest absolute Gasteiger partial charge is 0.220 e. The Hall–Kier alpha value is -1.62. The van der Waals surface area contributed by atoms with E-state index in [0.717, 1.165) is 0 Å². The summed E-state index contributed by atoms with van der Waals surface area (Å²) in [5.41, 5.74) is 5.42. The van der Waals surface area contributed by atoms with Gasteiger partial charge in [-0.15, -0.1) is 0 Å². The molecule has 0 unspecified atom stereocenters. The van der Waals surface area contributed by atoms with Gasteiger partial charge < -0.3 is 15.6 Å². The van der Waals surface area contributed by atoms with Gasteiger partial charge in [0, 0.05) is 11.6 Å². The number of carbonyl (C=O) groups is 1. The van der Waals surface area contributed by atoms with Gasteiger partial charge >= 0.3 is 0 Å². The van der Waals surface area contributed by atoms with Gasteiger partial charge in [0.25, 0.3) is 0 Å². The van der Waals surface area contributed by atoms with Crippen molar-refractivity contribution >= 4 is 5.91 Å². The van der Waals surface area contributed by atoms with E-state index in [0.29, 0.717) is 5.56 Å². The van der Waals surface area contributed by atoms with Crippen molar-refractivity contribution in [3.8, 4) is 5.75 Å². The first-order valence-corrected chi connectivity index (χ1v) is 4.89. The largest absolute Gasteiger partial charge is 0.493 e. The number of aliphatic hydroxyl groups is 1. The lowest BCUT2D eigenvalue weighted by Crippen LogP contribution is -2.15. The zero-order valence-electron chi connectivity index (χ0n) is 8.94. The summed E-state index contributed by atoms with van der Waals surface area (Å²) in [6, 6.07) is 3.85. The molecular formula is C11H14FNO3. The molecule has 1 rings (SSSR count). The van der Waals surface area contributed by atoms with Crippen LogP contribution in [-0.2, 0) is 4.79 Å². The molecule has 4 nitrogen and oxygen atoms in total. The molecule has 1 atom stereocenters. The number of hydrogen-bond acceptors (Lipinski definition) is 3. The Morgan fingerprint density at radius 1 is 1.62 bits per heavy atom. The highest BCUT2D eigenvalue weighted by Gasteiger charge is 2.10. The van der Waals surface area contributed by atoms with E-state index < -0.39 is 17.8 Å². The summed E-state index contributed by atoms with van der Waals surface area (Å²) in [6.07, 6.45) is -0.709. The lowest BCUT2D eigenvalue weighted by Gasteiger charge is -2.12. The van der Waals surface area contributed by atoms with E-state index in [1.807, 2.05) is 0 Å². The SMILES string of the molecule is C[C@@H](O)c1ccc(F)cc1OCCC(N)=O. The third-order valence-electron chi connectivity index (χ3n) is 2.03. The Bertz CT molecular complexity index is 379. The lowest BCUT2D eigenvalue weighted by atomic mass is 10.1. The molecule has 0 radical (unpaired) electrons. The van der Waals surface area contributed by atoms with Crippen LogP contribution >= 0.6 is 0 Å². The van der Waals surface area contributed by atoms with Crippen LogP contribution in [0, 0.1) is 5.82 Å². The molecule has 1 aromatic carbocycles. The van der Waals surface area contributed by atoms with Gasteiger partial charge in [-0.25, -0.2) is 4.39 Å². The van der Waals surface area contributed by atoms with E-state index in [9.17, 15) is 14.3 Å². The average Bonchev–Trinajstić information content (AvgIpc) is 2.16. The summed E-state index contributed by atoms with van der Waals surface area (Å²) in [5, 5.41) is 9.41. The molecule has 0 heterocycles. The van der Waals surface area contributed by atoms with Crippen molar-refractivity contribution in [2.24, 2.45) is 5.73 Å². The summed E-state index contributed by atoms with van der Waals surface area (Å²) in [4.78, 5) is 10.5. The fourth-order valence-corrected chi connectivity index (χ4v) is 1.24. The second kappa shape index (κ2) is 5.46. The topological polar surface area (TPSA) is 72.6 Å². The van der Waals surface area contributed by atoms with Gasteiger partial charge in [0.15, 0.2) is 0 Å². The molecule has 0 bridgehead atoms. The Labute approximate surface area is 92.8 Å². The molecule has 5 heteroatoms. The number of carbonyl (C=O) groups excluding carboxylic acids is 1. The maximum atomic E-state index is 12.9. The van der Waals surface area contributed by atoms with Gasteiger partial charge in [0.2, 0.25) is 5.91 Å². The van der Waals surface area contributed by atoms with Crippen LogP contribution in [0.1, 0.15) is 25.0 Å². The Kier molecular flexibility index (Phi) is 4.25. The summed E-state index contributed by atoms with van der Waals surface area (Å²) in [5.74, 6) is -0.718. The van der Waals surface area contributed by atoms with Crippen LogP contribution in [0.25, 0.3) is 0 Å². The van der Waals surface area contributed by atoms with Gasteiger partial charge in [-0.1, -0.05) is 0 Å². The average molecular weight is 227 g/mol. The Morgan fingerprint density at radius 2 is 2.31 bits per heavy atom. The standard InChI is InChI=1S/C11H14FNO3/c1-7(14)9-3-2-8(12)6-10(9)16-5-4-11(13)15/h2-3,6-7,14H,4-5H2,1H3,(H2,13,15)/t7-/m1/s1. The summed E-state index contributed by atoms with van der Waals surface area (Å²) < 4.78 is 18.1. The van der Waals surface area contributed by atoms with Gasteiger partial charge in [0.05, 0.1) is 19.1 Å². The Balaban J connectivity index is 2.76. The molecule has 0 saturated carbocycles. The van der Waals surface area contributed by atoms with Crippen molar-refractivity contribution in [2.75, 3.05) is 6.61 Å². The van der Waals surface area contributed by atoms with E-state index in [2.05, 4.69) is 0 Å². The quantitative estimate of drug-likeness (QED) is 0.792. The second-order valence-corrected chi connectivity index (χ2v) is 3.42. The van der Waals surface area contributed by atoms with Gasteiger partial charge in [0.1, 0.15) is 11.6 Å². The Morgan fingerprint density at radius 3 is 2.88 bits per heavy atom. The number of halogens is 1. The number of amides is 1. The predicted octanol–water partition coefficient (Wildman–Crippen LogP) is 1.13. The zero-order chi connectivity index (χ0) is 12.1. The molecule has 1 amide bonds. The number of primary amides is 1. The van der Waals surface area contributed by atoms with E-state index in [4.69, 9.17) is 10.5 Å². The molecule has 0 aromatic heterocycles. The van der Waals surface area contributed by atoms with Crippen LogP contribution in [0.15, 0.2) is 18.2 Å². The highest BCUT2D eigenvalue weighted by Crippen LogP contribution is 2.25. The molecule has 16 heavy (non-hydrogen) atoms. The summed E-state index contributed by atoms with van der Waals surface area (Å²) in [6.45, 7) is 1.62. The lowest BCUT2D eigenvalue weighted by molar-refractivity contribution is -0.118. The number of benzene rings is 1. The molecule has 0 aliphatic heterocycles. The van der Waals surface area contributed by atoms with E-state index in [1.165, 1.54) is 18.2 Å². The van der Waals surface area contributed by atoms with Crippen LogP contribution in [0.5, 0.6) is 5.75 Å². The number of aliphatic hydroxyl groups excluding tert-OH is 1. The van der Waals surface area contributed by atoms with Crippen LogP contribution in [-0.4, -0.2) is 17.6 Å². The minimum absolute atomic E-state index is 0.0514. The minimum atomic E-state index is -0.760. The molecule has 88 valence electrons. The fourth-order valence-electron chi connectivity index (χ4n) is 1.24. The first-order chi connectivity index (χ1) is 7.50. The van der Waals surface area contributed by atoms with Crippen LogP contribution in [0.3, 0.4) is 0 Å². The highest BCUT2D eigenvalue weighted by atomic mass is 19.1. The van der Waals surface area contributed by atoms with Crippen molar-refractivity contribution in [1.82, 2.24) is 0 Å². The van der Waals surface area contributed by atoms with Gasteiger partial charge in [-0.3, -0.25) is 4.79 Å². The van der Waals surface area contributed by atoms with E-state index in [1.54, 1.807) is 6.92 Å². The second-order valence-electron chi connectivity index (χ2n) is 3.42. The van der Waals surface area contributed by atoms with Crippen molar-refractivity contribution in [1.29, 1.82) is 0 Å². The number of rotatable bonds is 5. The number of nitrogens with two attached hydrogens (primary N) is 1. The van der Waals surface area contributed by atoms with Crippen molar-refractivity contribution in [3.63, 3.8) is 0 Å². The van der Waals surface area contributed by atoms with Gasteiger partial charge in [-0.2, -0.15) is 0 Å². The molecule has 3 N–H and O–H groups in total. The van der Waals surface area contributed by atoms with Crippen LogP contribution < -0.4 is 10.5 Å². The fraction of sp³-hybridized carbons (Fsp3) is 0.364. The summed E-state index contributed by atoms with van der Waals surface area (Å²) >= 11 is 0. The van der Waals surface area contributed by atoms with Gasteiger partial charge in [-0.05, 0) is 19.1 Å². The molecule has 0 aliphatic rings. The molecule has 0 fully saturated rings. The van der Waals surface area contributed by atoms with Crippen molar-refractivity contribution in [3.05, 3.63) is 29.6 Å². The molecule has 1 aromatic rings. The molecular weight excluding hydrogens is 213 g/mol. The van der Waals surface area contributed by atoms with Crippen LogP contribution in [0.4, 0.5) is 4.39 Å². The van der Waals surface area contributed by atoms with Crippen molar-refractivity contribution < 1.29 is 19.0 Å². The van der Waals surface area contributed by atoms with E-state index in [-0.39, 0.29) is 18.8 Å².